The highest BCUT2D eigenvalue weighted by atomic mass is 14.3. The van der Waals surface area contributed by atoms with Crippen molar-refractivity contribution < 1.29 is 0 Å². The molecule has 0 saturated heterocycles. The Bertz CT molecular complexity index is 300. The van der Waals surface area contributed by atoms with Gasteiger partial charge >= 0.3 is 0 Å². The number of hydrogen-bond acceptors (Lipinski definition) is 0. The van der Waals surface area contributed by atoms with Crippen LogP contribution in [0.2, 0.25) is 0 Å². The lowest BCUT2D eigenvalue weighted by Crippen LogP contribution is -2.11. The number of allylic oxidation sites excluding steroid dienone is 1. The summed E-state index contributed by atoms with van der Waals surface area (Å²) in [5, 5.41) is 0. The van der Waals surface area contributed by atoms with Gasteiger partial charge in [-0.3, -0.25) is 0 Å². The van der Waals surface area contributed by atoms with E-state index >= 15 is 0 Å². The SMILES string of the molecule is C=CC(CC)C1Cc2ccccc2C1. The first-order valence-electron chi connectivity index (χ1n) is 5.54. The van der Waals surface area contributed by atoms with Crippen LogP contribution >= 0.6 is 0 Å². The van der Waals surface area contributed by atoms with Crippen molar-refractivity contribution >= 4 is 0 Å². The van der Waals surface area contributed by atoms with E-state index in [0.29, 0.717) is 5.92 Å². The normalized spacial score (nSPS) is 17.8. The van der Waals surface area contributed by atoms with Gasteiger partial charge in [0.25, 0.3) is 0 Å². The van der Waals surface area contributed by atoms with E-state index in [-0.39, 0.29) is 0 Å². The van der Waals surface area contributed by atoms with Crippen molar-refractivity contribution in [1.82, 2.24) is 0 Å². The van der Waals surface area contributed by atoms with E-state index in [4.69, 9.17) is 0 Å². The fourth-order valence-electron chi connectivity index (χ4n) is 2.59. The fourth-order valence-corrected chi connectivity index (χ4v) is 2.59. The molecule has 0 heterocycles. The Balaban J connectivity index is 2.14. The highest BCUT2D eigenvalue weighted by Gasteiger charge is 2.25. The predicted octanol–water partition coefficient (Wildman–Crippen LogP) is 3.61. The van der Waals surface area contributed by atoms with Crippen LogP contribution in [0.4, 0.5) is 0 Å². The number of benzene rings is 1. The standard InChI is InChI=1S/C14H18/c1-3-11(4-2)14-9-12-7-5-6-8-13(12)10-14/h3,5-8,11,14H,1,4,9-10H2,2H3. The van der Waals surface area contributed by atoms with Crippen molar-refractivity contribution in [2.45, 2.75) is 26.2 Å². The molecule has 1 unspecified atom stereocenters. The van der Waals surface area contributed by atoms with Crippen LogP contribution in [0.25, 0.3) is 0 Å². The summed E-state index contributed by atoms with van der Waals surface area (Å²) in [6.45, 7) is 6.20. The van der Waals surface area contributed by atoms with Gasteiger partial charge in [-0.1, -0.05) is 37.3 Å². The Kier molecular flexibility index (Phi) is 2.72. The van der Waals surface area contributed by atoms with Crippen molar-refractivity contribution in [3.05, 3.63) is 48.0 Å². The lowest BCUT2D eigenvalue weighted by atomic mass is 9.88. The van der Waals surface area contributed by atoms with E-state index in [0.717, 1.165) is 5.92 Å². The largest absolute Gasteiger partial charge is 0.103 e. The van der Waals surface area contributed by atoms with Gasteiger partial charge in [-0.2, -0.15) is 0 Å². The second-order valence-electron chi connectivity index (χ2n) is 4.24. The molecular weight excluding hydrogens is 168 g/mol. The summed E-state index contributed by atoms with van der Waals surface area (Å²) < 4.78 is 0. The highest BCUT2D eigenvalue weighted by Crippen LogP contribution is 2.33. The minimum Gasteiger partial charge on any atom is -0.103 e. The van der Waals surface area contributed by atoms with Gasteiger partial charge in [-0.05, 0) is 42.2 Å². The van der Waals surface area contributed by atoms with Gasteiger partial charge in [0.05, 0.1) is 0 Å². The molecule has 1 atom stereocenters. The molecule has 0 radical (unpaired) electrons. The molecule has 0 nitrogen and oxygen atoms in total. The van der Waals surface area contributed by atoms with E-state index in [2.05, 4.69) is 43.8 Å². The zero-order valence-corrected chi connectivity index (χ0v) is 8.87. The Morgan fingerprint density at radius 3 is 2.36 bits per heavy atom. The van der Waals surface area contributed by atoms with Gasteiger partial charge in [-0.15, -0.1) is 6.58 Å². The second kappa shape index (κ2) is 4.00. The molecule has 0 aromatic heterocycles. The van der Waals surface area contributed by atoms with E-state index < -0.39 is 0 Å². The molecule has 1 aliphatic carbocycles. The Labute approximate surface area is 86.7 Å². The van der Waals surface area contributed by atoms with Crippen molar-refractivity contribution in [1.29, 1.82) is 0 Å². The van der Waals surface area contributed by atoms with Crippen molar-refractivity contribution in [3.63, 3.8) is 0 Å². The molecule has 0 spiro atoms. The lowest BCUT2D eigenvalue weighted by Gasteiger charge is -2.17. The molecule has 0 heteroatoms. The fraction of sp³-hybridized carbons (Fsp3) is 0.429. The maximum Gasteiger partial charge on any atom is -0.0204 e. The number of hydrogen-bond donors (Lipinski definition) is 0. The third kappa shape index (κ3) is 1.61. The van der Waals surface area contributed by atoms with Crippen LogP contribution in [0.3, 0.4) is 0 Å². The Morgan fingerprint density at radius 2 is 1.93 bits per heavy atom. The topological polar surface area (TPSA) is 0 Å². The molecule has 0 N–H and O–H groups in total. The molecule has 1 aromatic rings. The maximum atomic E-state index is 3.94. The van der Waals surface area contributed by atoms with Crippen molar-refractivity contribution in [2.24, 2.45) is 11.8 Å². The quantitative estimate of drug-likeness (QED) is 0.632. The summed E-state index contributed by atoms with van der Waals surface area (Å²) >= 11 is 0. The molecule has 1 aliphatic rings. The molecule has 0 bridgehead atoms. The predicted molar refractivity (Wildman–Crippen MR) is 61.3 cm³/mol. The average molecular weight is 186 g/mol. The van der Waals surface area contributed by atoms with Gasteiger partial charge in [0.1, 0.15) is 0 Å². The van der Waals surface area contributed by atoms with Gasteiger partial charge < -0.3 is 0 Å². The van der Waals surface area contributed by atoms with Crippen LogP contribution in [0.1, 0.15) is 24.5 Å². The summed E-state index contributed by atoms with van der Waals surface area (Å²) in [6.07, 6.45) is 5.86. The minimum absolute atomic E-state index is 0.697. The van der Waals surface area contributed by atoms with Gasteiger partial charge in [0.15, 0.2) is 0 Å². The van der Waals surface area contributed by atoms with Crippen LogP contribution in [-0.4, -0.2) is 0 Å². The van der Waals surface area contributed by atoms with Gasteiger partial charge in [0, 0.05) is 0 Å². The molecular formula is C14H18. The van der Waals surface area contributed by atoms with Crippen LogP contribution in [0, 0.1) is 11.8 Å². The third-order valence-electron chi connectivity index (χ3n) is 3.46. The number of rotatable bonds is 3. The molecule has 0 saturated carbocycles. The van der Waals surface area contributed by atoms with E-state index in [1.54, 1.807) is 11.1 Å². The highest BCUT2D eigenvalue weighted by molar-refractivity contribution is 5.32. The van der Waals surface area contributed by atoms with Gasteiger partial charge in [-0.25, -0.2) is 0 Å². The molecule has 1 aromatic carbocycles. The van der Waals surface area contributed by atoms with E-state index in [1.807, 2.05) is 0 Å². The first kappa shape index (κ1) is 9.51. The molecule has 0 aliphatic heterocycles. The summed E-state index contributed by atoms with van der Waals surface area (Å²) in [7, 11) is 0. The minimum atomic E-state index is 0.697. The Hall–Kier alpha value is -1.04. The Morgan fingerprint density at radius 1 is 1.36 bits per heavy atom. The zero-order valence-electron chi connectivity index (χ0n) is 8.87. The van der Waals surface area contributed by atoms with E-state index in [9.17, 15) is 0 Å². The first-order valence-corrected chi connectivity index (χ1v) is 5.54. The summed E-state index contributed by atoms with van der Waals surface area (Å²) in [4.78, 5) is 0. The summed E-state index contributed by atoms with van der Waals surface area (Å²) in [5.41, 5.74) is 3.11. The smallest absolute Gasteiger partial charge is 0.0204 e. The summed E-state index contributed by atoms with van der Waals surface area (Å²) in [5.74, 6) is 1.50. The van der Waals surface area contributed by atoms with Crippen LogP contribution in [0.5, 0.6) is 0 Å². The monoisotopic (exact) mass is 186 g/mol. The summed E-state index contributed by atoms with van der Waals surface area (Å²) in [6, 6.07) is 8.84. The van der Waals surface area contributed by atoms with Crippen molar-refractivity contribution in [2.75, 3.05) is 0 Å². The van der Waals surface area contributed by atoms with Gasteiger partial charge in [0.2, 0.25) is 0 Å². The van der Waals surface area contributed by atoms with Crippen LogP contribution in [0.15, 0.2) is 36.9 Å². The number of fused-ring (bicyclic) bond motifs is 1. The maximum absolute atomic E-state index is 3.94. The molecule has 74 valence electrons. The zero-order chi connectivity index (χ0) is 9.97. The first-order chi connectivity index (χ1) is 6.85. The molecule has 2 rings (SSSR count). The van der Waals surface area contributed by atoms with Crippen LogP contribution < -0.4 is 0 Å². The van der Waals surface area contributed by atoms with Crippen LogP contribution in [-0.2, 0) is 12.8 Å². The molecule has 14 heavy (non-hydrogen) atoms. The average Bonchev–Trinajstić information content (AvgIpc) is 2.63. The molecule has 0 amide bonds. The molecule has 0 fully saturated rings. The van der Waals surface area contributed by atoms with E-state index in [1.165, 1.54) is 19.3 Å². The second-order valence-corrected chi connectivity index (χ2v) is 4.24. The lowest BCUT2D eigenvalue weighted by molar-refractivity contribution is 0.403. The van der Waals surface area contributed by atoms with Crippen molar-refractivity contribution in [3.8, 4) is 0 Å². The third-order valence-corrected chi connectivity index (χ3v) is 3.46.